The van der Waals surface area contributed by atoms with Crippen LogP contribution < -0.4 is 5.32 Å². The van der Waals surface area contributed by atoms with Gasteiger partial charge in [0.05, 0.1) is 21.7 Å². The monoisotopic (exact) mass is 448 g/mol. The van der Waals surface area contributed by atoms with Crippen LogP contribution in [0.4, 0.5) is 24.5 Å². The fourth-order valence-corrected chi connectivity index (χ4v) is 2.80. The second-order valence-corrected chi connectivity index (χ2v) is 6.57. The van der Waals surface area contributed by atoms with Crippen molar-refractivity contribution in [1.29, 1.82) is 0 Å². The first-order valence-electron chi connectivity index (χ1n) is 9.04. The molecule has 11 heteroatoms. The molecule has 0 aliphatic heterocycles. The van der Waals surface area contributed by atoms with Gasteiger partial charge in [-0.1, -0.05) is 18.2 Å². The van der Waals surface area contributed by atoms with Crippen molar-refractivity contribution in [3.05, 3.63) is 81.6 Å². The molecular weight excluding hydrogens is 433 g/mol. The maximum atomic E-state index is 12.9. The number of benzene rings is 2. The quantitative estimate of drug-likeness (QED) is 0.324. The summed E-state index contributed by atoms with van der Waals surface area (Å²) < 4.78 is 48.7. The maximum absolute atomic E-state index is 12.9. The third kappa shape index (κ3) is 5.12. The Kier molecular flexibility index (Phi) is 6.28. The van der Waals surface area contributed by atoms with Crippen LogP contribution in [0.25, 0.3) is 11.3 Å². The van der Waals surface area contributed by atoms with Crippen molar-refractivity contribution in [2.24, 2.45) is 0 Å². The second-order valence-electron chi connectivity index (χ2n) is 6.57. The van der Waals surface area contributed by atoms with Crippen LogP contribution in [0.15, 0.2) is 59.0 Å². The number of nitro benzene ring substituents is 1. The van der Waals surface area contributed by atoms with Crippen molar-refractivity contribution in [2.45, 2.75) is 13.1 Å². The molecule has 166 valence electrons. The van der Waals surface area contributed by atoms with Crippen molar-refractivity contribution in [3.63, 3.8) is 0 Å². The van der Waals surface area contributed by atoms with E-state index in [1.807, 2.05) is 0 Å². The molecule has 2 aromatic carbocycles. The van der Waals surface area contributed by atoms with Crippen molar-refractivity contribution in [3.8, 4) is 11.3 Å². The van der Waals surface area contributed by atoms with Gasteiger partial charge in [-0.15, -0.1) is 0 Å². The van der Waals surface area contributed by atoms with E-state index < -0.39 is 35.1 Å². The van der Waals surface area contributed by atoms with E-state index in [2.05, 4.69) is 5.32 Å². The summed E-state index contributed by atoms with van der Waals surface area (Å²) in [5.41, 5.74) is -0.530. The van der Waals surface area contributed by atoms with Gasteiger partial charge >= 0.3 is 12.1 Å². The minimum absolute atomic E-state index is 0.0136. The molecule has 8 nitrogen and oxygen atoms in total. The highest BCUT2D eigenvalue weighted by molar-refractivity contribution is 5.95. The van der Waals surface area contributed by atoms with E-state index in [0.717, 1.165) is 12.1 Å². The average molecular weight is 448 g/mol. The number of esters is 1. The summed E-state index contributed by atoms with van der Waals surface area (Å²) in [7, 11) is 0. The molecule has 0 atom stereocenters. The molecule has 0 aliphatic rings. The normalized spacial score (nSPS) is 11.1. The number of hydrogen-bond donors (Lipinski definition) is 1. The number of halogens is 3. The van der Waals surface area contributed by atoms with Crippen molar-refractivity contribution in [2.75, 3.05) is 11.9 Å². The lowest BCUT2D eigenvalue weighted by Crippen LogP contribution is -2.21. The van der Waals surface area contributed by atoms with Crippen LogP contribution in [-0.2, 0) is 15.7 Å². The van der Waals surface area contributed by atoms with Crippen molar-refractivity contribution < 1.29 is 36.8 Å². The Balaban J connectivity index is 1.63. The molecule has 0 saturated heterocycles. The molecule has 3 rings (SSSR count). The Morgan fingerprint density at radius 1 is 1.12 bits per heavy atom. The molecule has 1 heterocycles. The van der Waals surface area contributed by atoms with Gasteiger partial charge in [0, 0.05) is 11.6 Å². The summed E-state index contributed by atoms with van der Waals surface area (Å²) in [6.07, 6.45) is -4.53. The highest BCUT2D eigenvalue weighted by Gasteiger charge is 2.30. The third-order valence-electron chi connectivity index (χ3n) is 4.39. The number of furan rings is 1. The Morgan fingerprint density at radius 2 is 1.84 bits per heavy atom. The summed E-state index contributed by atoms with van der Waals surface area (Å²) in [6.45, 7) is 0.748. The lowest BCUT2D eigenvalue weighted by molar-refractivity contribution is -0.385. The van der Waals surface area contributed by atoms with E-state index >= 15 is 0 Å². The average Bonchev–Trinajstić information content (AvgIpc) is 3.23. The molecule has 0 radical (unpaired) electrons. The lowest BCUT2D eigenvalue weighted by atomic mass is 10.1. The van der Waals surface area contributed by atoms with Crippen LogP contribution >= 0.6 is 0 Å². The van der Waals surface area contributed by atoms with E-state index in [4.69, 9.17) is 9.15 Å². The number of nitrogens with one attached hydrogen (secondary N) is 1. The van der Waals surface area contributed by atoms with Crippen LogP contribution in [0.1, 0.15) is 21.7 Å². The number of carbonyl (C=O) groups excluding carboxylic acids is 2. The van der Waals surface area contributed by atoms with E-state index in [1.54, 1.807) is 0 Å². The number of carbonyl (C=O) groups is 2. The Hall–Kier alpha value is -4.15. The highest BCUT2D eigenvalue weighted by Crippen LogP contribution is 2.32. The topological polar surface area (TPSA) is 112 Å². The SMILES string of the molecule is Cc1c(NC(=O)COC(=O)c2ccc(-c3cccc(C(F)(F)F)c3)o2)cccc1[N+](=O)[O-]. The lowest BCUT2D eigenvalue weighted by Gasteiger charge is -2.09. The first-order chi connectivity index (χ1) is 15.1. The zero-order valence-electron chi connectivity index (χ0n) is 16.4. The Labute approximate surface area is 178 Å². The van der Waals surface area contributed by atoms with E-state index in [1.165, 1.54) is 49.4 Å². The molecule has 0 saturated carbocycles. The zero-order chi connectivity index (χ0) is 23.5. The predicted molar refractivity (Wildman–Crippen MR) is 106 cm³/mol. The van der Waals surface area contributed by atoms with Gasteiger partial charge in [-0.2, -0.15) is 13.2 Å². The maximum Gasteiger partial charge on any atom is 0.416 e. The molecule has 0 unspecified atom stereocenters. The minimum atomic E-state index is -4.53. The number of hydrogen-bond acceptors (Lipinski definition) is 6. The number of ether oxygens (including phenoxy) is 1. The number of nitro groups is 1. The van der Waals surface area contributed by atoms with E-state index in [9.17, 15) is 32.9 Å². The van der Waals surface area contributed by atoms with Gasteiger partial charge in [0.2, 0.25) is 5.76 Å². The van der Waals surface area contributed by atoms with Gasteiger partial charge in [0.1, 0.15) is 5.76 Å². The van der Waals surface area contributed by atoms with Crippen LogP contribution in [-0.4, -0.2) is 23.4 Å². The second kappa shape index (κ2) is 8.92. The fourth-order valence-electron chi connectivity index (χ4n) is 2.80. The van der Waals surface area contributed by atoms with E-state index in [0.29, 0.717) is 0 Å². The molecule has 0 spiro atoms. The van der Waals surface area contributed by atoms with Gasteiger partial charge < -0.3 is 14.5 Å². The van der Waals surface area contributed by atoms with Gasteiger partial charge in [-0.05, 0) is 37.3 Å². The molecule has 0 bridgehead atoms. The molecule has 1 aromatic heterocycles. The number of nitrogens with zero attached hydrogens (tertiary/aromatic N) is 1. The minimum Gasteiger partial charge on any atom is -0.450 e. The van der Waals surface area contributed by atoms with Gasteiger partial charge in [-0.25, -0.2) is 4.79 Å². The first-order valence-corrected chi connectivity index (χ1v) is 9.04. The Morgan fingerprint density at radius 3 is 2.53 bits per heavy atom. The fraction of sp³-hybridized carbons (Fsp3) is 0.143. The van der Waals surface area contributed by atoms with Crippen LogP contribution in [0.3, 0.4) is 0 Å². The van der Waals surface area contributed by atoms with Crippen LogP contribution in [0.2, 0.25) is 0 Å². The van der Waals surface area contributed by atoms with Crippen LogP contribution in [0, 0.1) is 17.0 Å². The molecule has 0 fully saturated rings. The highest BCUT2D eigenvalue weighted by atomic mass is 19.4. The van der Waals surface area contributed by atoms with E-state index in [-0.39, 0.29) is 34.0 Å². The summed E-state index contributed by atoms with van der Waals surface area (Å²) in [6, 6.07) is 11.0. The molecule has 0 aliphatic carbocycles. The predicted octanol–water partition coefficient (Wildman–Crippen LogP) is 4.98. The smallest absolute Gasteiger partial charge is 0.416 e. The summed E-state index contributed by atoms with van der Waals surface area (Å²) in [5, 5.41) is 13.4. The van der Waals surface area contributed by atoms with Gasteiger partial charge in [0.25, 0.3) is 11.6 Å². The van der Waals surface area contributed by atoms with Crippen LogP contribution in [0.5, 0.6) is 0 Å². The zero-order valence-corrected chi connectivity index (χ0v) is 16.4. The summed E-state index contributed by atoms with van der Waals surface area (Å²) in [4.78, 5) is 34.5. The van der Waals surface area contributed by atoms with Crippen molar-refractivity contribution >= 4 is 23.3 Å². The standard InChI is InChI=1S/C21H15F3N2O6/c1-12-15(6-3-7-16(12)26(29)30)25-19(27)11-31-20(28)18-9-8-17(32-18)13-4-2-5-14(10-13)21(22,23)24/h2-10H,11H2,1H3,(H,25,27). The molecule has 1 amide bonds. The number of alkyl halides is 3. The largest absolute Gasteiger partial charge is 0.450 e. The molecular formula is C21H15F3N2O6. The first kappa shape index (κ1) is 22.5. The molecule has 3 aromatic rings. The van der Waals surface area contributed by atoms with Crippen molar-refractivity contribution in [1.82, 2.24) is 0 Å². The molecule has 1 N–H and O–H groups in total. The third-order valence-corrected chi connectivity index (χ3v) is 4.39. The number of anilines is 1. The summed E-state index contributed by atoms with van der Waals surface area (Å²) >= 11 is 0. The van der Waals surface area contributed by atoms with Gasteiger partial charge in [0.15, 0.2) is 6.61 Å². The Bertz CT molecular complexity index is 1190. The van der Waals surface area contributed by atoms with Gasteiger partial charge in [-0.3, -0.25) is 14.9 Å². The number of amides is 1. The summed E-state index contributed by atoms with van der Waals surface area (Å²) in [5.74, 6) is -2.04. The number of rotatable bonds is 6. The molecule has 32 heavy (non-hydrogen) atoms.